The molecule has 3 heterocycles. The third-order valence-electron chi connectivity index (χ3n) is 4.02. The van der Waals surface area contributed by atoms with Crippen LogP contribution in [0.3, 0.4) is 0 Å². The number of hydrogen-bond donors (Lipinski definition) is 0. The van der Waals surface area contributed by atoms with Crippen LogP contribution in [0.1, 0.15) is 18.5 Å². The van der Waals surface area contributed by atoms with Crippen molar-refractivity contribution in [1.29, 1.82) is 0 Å². The fourth-order valence-corrected chi connectivity index (χ4v) is 2.83. The van der Waals surface area contributed by atoms with Gasteiger partial charge in [0.2, 0.25) is 0 Å². The molecule has 21 heavy (non-hydrogen) atoms. The van der Waals surface area contributed by atoms with Crippen molar-refractivity contribution >= 4 is 5.82 Å². The van der Waals surface area contributed by atoms with Crippen LogP contribution in [0.15, 0.2) is 35.8 Å². The molecule has 2 aromatic rings. The molecule has 0 unspecified atom stereocenters. The van der Waals surface area contributed by atoms with E-state index >= 15 is 0 Å². The predicted octanol–water partition coefficient (Wildman–Crippen LogP) is 1.26. The molecule has 0 bridgehead atoms. The van der Waals surface area contributed by atoms with E-state index in [0.29, 0.717) is 5.92 Å². The lowest BCUT2D eigenvalue weighted by atomic mass is 9.96. The molecule has 1 aliphatic rings. The highest BCUT2D eigenvalue weighted by molar-refractivity contribution is 5.42. The summed E-state index contributed by atoms with van der Waals surface area (Å²) in [7, 11) is 0. The van der Waals surface area contributed by atoms with Crippen LogP contribution in [-0.4, -0.2) is 32.6 Å². The lowest BCUT2D eigenvalue weighted by Gasteiger charge is -2.33. The normalized spacial score (nSPS) is 16.1. The molecule has 0 saturated carbocycles. The highest BCUT2D eigenvalue weighted by Gasteiger charge is 2.21. The highest BCUT2D eigenvalue weighted by atomic mass is 16.1. The maximum Gasteiger partial charge on any atom is 0.253 e. The van der Waals surface area contributed by atoms with Crippen LogP contribution in [0, 0.1) is 12.8 Å². The SMILES string of the molecule is Cc1nccnc1N1CCC(Cn2cnccc2=O)CC1. The van der Waals surface area contributed by atoms with Gasteiger partial charge in [0.25, 0.3) is 5.56 Å². The minimum absolute atomic E-state index is 0.0252. The molecule has 2 aromatic heterocycles. The Morgan fingerprint density at radius 3 is 2.67 bits per heavy atom. The summed E-state index contributed by atoms with van der Waals surface area (Å²) in [5, 5.41) is 0. The summed E-state index contributed by atoms with van der Waals surface area (Å²) in [4.78, 5) is 26.7. The summed E-state index contributed by atoms with van der Waals surface area (Å²) < 4.78 is 1.70. The van der Waals surface area contributed by atoms with Gasteiger partial charge in [-0.15, -0.1) is 0 Å². The lowest BCUT2D eigenvalue weighted by Crippen LogP contribution is -2.37. The van der Waals surface area contributed by atoms with E-state index in [1.54, 1.807) is 23.3 Å². The average molecular weight is 285 g/mol. The van der Waals surface area contributed by atoms with E-state index in [1.165, 1.54) is 12.3 Å². The molecule has 1 fully saturated rings. The minimum atomic E-state index is 0.0252. The van der Waals surface area contributed by atoms with Gasteiger partial charge in [-0.1, -0.05) is 0 Å². The molecule has 1 aliphatic heterocycles. The molecule has 0 atom stereocenters. The first kappa shape index (κ1) is 13.7. The van der Waals surface area contributed by atoms with Crippen molar-refractivity contribution in [3.63, 3.8) is 0 Å². The zero-order chi connectivity index (χ0) is 14.7. The molecule has 0 spiro atoms. The predicted molar refractivity (Wildman–Crippen MR) is 80.2 cm³/mol. The zero-order valence-corrected chi connectivity index (χ0v) is 12.1. The van der Waals surface area contributed by atoms with Gasteiger partial charge in [0.1, 0.15) is 5.82 Å². The van der Waals surface area contributed by atoms with Crippen LogP contribution in [0.4, 0.5) is 5.82 Å². The lowest BCUT2D eigenvalue weighted by molar-refractivity contribution is 0.350. The van der Waals surface area contributed by atoms with Crippen molar-refractivity contribution in [2.75, 3.05) is 18.0 Å². The molecule has 6 heteroatoms. The fourth-order valence-electron chi connectivity index (χ4n) is 2.83. The van der Waals surface area contributed by atoms with Crippen molar-refractivity contribution in [3.8, 4) is 0 Å². The van der Waals surface area contributed by atoms with Crippen molar-refractivity contribution in [2.24, 2.45) is 5.92 Å². The van der Waals surface area contributed by atoms with E-state index in [4.69, 9.17) is 0 Å². The fraction of sp³-hybridized carbons (Fsp3) is 0.467. The van der Waals surface area contributed by atoms with E-state index in [1.807, 2.05) is 6.92 Å². The second-order valence-corrected chi connectivity index (χ2v) is 5.47. The Kier molecular flexibility index (Phi) is 3.94. The van der Waals surface area contributed by atoms with Crippen LogP contribution in [0.5, 0.6) is 0 Å². The Morgan fingerprint density at radius 1 is 1.19 bits per heavy atom. The first-order valence-electron chi connectivity index (χ1n) is 7.27. The number of aromatic nitrogens is 4. The number of nitrogens with zero attached hydrogens (tertiary/aromatic N) is 5. The monoisotopic (exact) mass is 285 g/mol. The Morgan fingerprint density at radius 2 is 1.95 bits per heavy atom. The molecule has 1 saturated heterocycles. The summed E-state index contributed by atoms with van der Waals surface area (Å²) in [6.07, 6.45) is 8.73. The maximum atomic E-state index is 11.7. The summed E-state index contributed by atoms with van der Waals surface area (Å²) in [6, 6.07) is 1.51. The molecule has 6 nitrogen and oxygen atoms in total. The van der Waals surface area contributed by atoms with Gasteiger partial charge < -0.3 is 4.90 Å². The summed E-state index contributed by atoms with van der Waals surface area (Å²) in [6.45, 7) is 4.65. The van der Waals surface area contributed by atoms with Crippen molar-refractivity contribution in [2.45, 2.75) is 26.3 Å². The average Bonchev–Trinajstić information content (AvgIpc) is 2.51. The number of piperidine rings is 1. The van der Waals surface area contributed by atoms with Gasteiger partial charge in [-0.05, 0) is 25.7 Å². The van der Waals surface area contributed by atoms with E-state index in [2.05, 4.69) is 19.9 Å². The number of hydrogen-bond acceptors (Lipinski definition) is 5. The molecule has 110 valence electrons. The van der Waals surface area contributed by atoms with Crippen LogP contribution >= 0.6 is 0 Å². The van der Waals surface area contributed by atoms with Gasteiger partial charge in [0.15, 0.2) is 0 Å². The maximum absolute atomic E-state index is 11.7. The number of rotatable bonds is 3. The quantitative estimate of drug-likeness (QED) is 0.849. The third kappa shape index (κ3) is 3.09. The summed E-state index contributed by atoms with van der Waals surface area (Å²) in [5.74, 6) is 1.50. The first-order valence-corrected chi connectivity index (χ1v) is 7.27. The van der Waals surface area contributed by atoms with Crippen LogP contribution < -0.4 is 10.5 Å². The number of aryl methyl sites for hydroxylation is 1. The standard InChI is InChI=1S/C15H19N5O/c1-12-15(18-7-6-17-12)19-8-3-13(4-9-19)10-20-11-16-5-2-14(20)21/h2,5-7,11,13H,3-4,8-10H2,1H3. The van der Waals surface area contributed by atoms with E-state index < -0.39 is 0 Å². The number of anilines is 1. The molecular formula is C15H19N5O. The highest BCUT2D eigenvalue weighted by Crippen LogP contribution is 2.23. The topological polar surface area (TPSA) is 63.9 Å². The van der Waals surface area contributed by atoms with Crippen LogP contribution in [-0.2, 0) is 6.54 Å². The Hall–Kier alpha value is -2.24. The molecule has 3 rings (SSSR count). The molecule has 0 aliphatic carbocycles. The Labute approximate surface area is 123 Å². The van der Waals surface area contributed by atoms with Crippen molar-refractivity contribution in [1.82, 2.24) is 19.5 Å². The molecule has 0 amide bonds. The van der Waals surface area contributed by atoms with Crippen LogP contribution in [0.25, 0.3) is 0 Å². The third-order valence-corrected chi connectivity index (χ3v) is 4.02. The van der Waals surface area contributed by atoms with Gasteiger partial charge in [-0.25, -0.2) is 9.97 Å². The van der Waals surface area contributed by atoms with Gasteiger partial charge in [0, 0.05) is 44.3 Å². The van der Waals surface area contributed by atoms with Crippen molar-refractivity contribution < 1.29 is 0 Å². The first-order chi connectivity index (χ1) is 10.2. The van der Waals surface area contributed by atoms with E-state index in [9.17, 15) is 4.79 Å². The van der Waals surface area contributed by atoms with E-state index in [0.717, 1.165) is 44.0 Å². The summed E-state index contributed by atoms with van der Waals surface area (Å²) >= 11 is 0. The van der Waals surface area contributed by atoms with Gasteiger partial charge in [-0.2, -0.15) is 0 Å². The summed E-state index contributed by atoms with van der Waals surface area (Å²) in [5.41, 5.74) is 0.997. The van der Waals surface area contributed by atoms with Gasteiger partial charge >= 0.3 is 0 Å². The smallest absolute Gasteiger partial charge is 0.253 e. The second kappa shape index (κ2) is 6.03. The second-order valence-electron chi connectivity index (χ2n) is 5.47. The molecule has 0 N–H and O–H groups in total. The molecule has 0 radical (unpaired) electrons. The zero-order valence-electron chi connectivity index (χ0n) is 12.1. The van der Waals surface area contributed by atoms with Gasteiger partial charge in [0.05, 0.1) is 12.0 Å². The van der Waals surface area contributed by atoms with Crippen molar-refractivity contribution in [3.05, 3.63) is 47.0 Å². The Balaban J connectivity index is 1.62. The minimum Gasteiger partial charge on any atom is -0.355 e. The molecular weight excluding hydrogens is 266 g/mol. The van der Waals surface area contributed by atoms with Gasteiger partial charge in [-0.3, -0.25) is 14.3 Å². The van der Waals surface area contributed by atoms with E-state index in [-0.39, 0.29) is 5.56 Å². The van der Waals surface area contributed by atoms with Crippen LogP contribution in [0.2, 0.25) is 0 Å². The molecule has 0 aromatic carbocycles. The Bertz CT molecular complexity index is 661. The largest absolute Gasteiger partial charge is 0.355 e.